The van der Waals surface area contributed by atoms with Crippen molar-refractivity contribution in [3.05, 3.63) is 47.5 Å². The Balaban J connectivity index is 1.70. The molecule has 0 spiro atoms. The molecule has 0 bridgehead atoms. The predicted octanol–water partition coefficient (Wildman–Crippen LogP) is 2.98. The Morgan fingerprint density at radius 2 is 2.15 bits per heavy atom. The molecule has 1 saturated carbocycles. The molecule has 1 atom stereocenters. The van der Waals surface area contributed by atoms with Crippen molar-refractivity contribution in [2.45, 2.75) is 51.2 Å². The van der Waals surface area contributed by atoms with Crippen LogP contribution >= 0.6 is 0 Å². The molecule has 1 unspecified atom stereocenters. The molecule has 0 radical (unpaired) electrons. The predicted molar refractivity (Wildman–Crippen MR) is 77.4 cm³/mol. The molecule has 2 heterocycles. The highest BCUT2D eigenvalue weighted by atomic mass is 16.3. The van der Waals surface area contributed by atoms with Gasteiger partial charge in [0.15, 0.2) is 0 Å². The van der Waals surface area contributed by atoms with Gasteiger partial charge in [-0.3, -0.25) is 9.67 Å². The van der Waals surface area contributed by atoms with Crippen LogP contribution in [-0.4, -0.2) is 19.9 Å². The summed E-state index contributed by atoms with van der Waals surface area (Å²) in [5.41, 5.74) is 2.72. The molecule has 1 aliphatic carbocycles. The summed E-state index contributed by atoms with van der Waals surface area (Å²) in [6.45, 7) is 1.97. The standard InChI is InChI=1S/C16H21N3O/c1-12-5-4-9-17-16(12)15(20)11-13-8-10-19(18-13)14-6-2-3-7-14/h4-5,8-10,14-15,20H,2-3,6-7,11H2,1H3. The minimum Gasteiger partial charge on any atom is -0.386 e. The number of rotatable bonds is 4. The Bertz CT molecular complexity index is 573. The van der Waals surface area contributed by atoms with E-state index in [-0.39, 0.29) is 0 Å². The van der Waals surface area contributed by atoms with Gasteiger partial charge in [0.1, 0.15) is 6.10 Å². The molecule has 2 aromatic heterocycles. The van der Waals surface area contributed by atoms with Gasteiger partial charge in [0.25, 0.3) is 0 Å². The lowest BCUT2D eigenvalue weighted by molar-refractivity contribution is 0.171. The Hall–Kier alpha value is -1.68. The van der Waals surface area contributed by atoms with E-state index >= 15 is 0 Å². The summed E-state index contributed by atoms with van der Waals surface area (Å²) >= 11 is 0. The van der Waals surface area contributed by atoms with E-state index in [0.717, 1.165) is 17.0 Å². The van der Waals surface area contributed by atoms with Gasteiger partial charge in [-0.05, 0) is 37.5 Å². The van der Waals surface area contributed by atoms with Crippen molar-refractivity contribution >= 4 is 0 Å². The van der Waals surface area contributed by atoms with Crippen LogP contribution in [0.15, 0.2) is 30.6 Å². The number of hydrogen-bond donors (Lipinski definition) is 1. The zero-order valence-corrected chi connectivity index (χ0v) is 11.9. The van der Waals surface area contributed by atoms with Gasteiger partial charge in [0, 0.05) is 18.8 Å². The first-order chi connectivity index (χ1) is 9.74. The van der Waals surface area contributed by atoms with Gasteiger partial charge in [-0.1, -0.05) is 18.9 Å². The van der Waals surface area contributed by atoms with Crippen molar-refractivity contribution in [1.29, 1.82) is 0 Å². The number of aliphatic hydroxyl groups excluding tert-OH is 1. The van der Waals surface area contributed by atoms with Crippen LogP contribution in [0, 0.1) is 6.92 Å². The molecule has 106 valence electrons. The van der Waals surface area contributed by atoms with Gasteiger partial charge in [-0.25, -0.2) is 0 Å². The first-order valence-electron chi connectivity index (χ1n) is 7.37. The number of pyridine rings is 1. The lowest BCUT2D eigenvalue weighted by atomic mass is 10.1. The first kappa shape index (κ1) is 13.3. The van der Waals surface area contributed by atoms with Crippen LogP contribution < -0.4 is 0 Å². The molecule has 0 aromatic carbocycles. The van der Waals surface area contributed by atoms with E-state index < -0.39 is 6.10 Å². The maximum absolute atomic E-state index is 10.3. The minimum absolute atomic E-state index is 0.525. The van der Waals surface area contributed by atoms with E-state index in [1.807, 2.05) is 31.3 Å². The summed E-state index contributed by atoms with van der Waals surface area (Å²) in [5.74, 6) is 0. The maximum Gasteiger partial charge on any atom is 0.102 e. The minimum atomic E-state index is -0.580. The van der Waals surface area contributed by atoms with E-state index in [2.05, 4.69) is 14.8 Å². The fraction of sp³-hybridized carbons (Fsp3) is 0.500. The molecule has 0 amide bonds. The average Bonchev–Trinajstić information content (AvgIpc) is 3.09. The van der Waals surface area contributed by atoms with Gasteiger partial charge in [-0.2, -0.15) is 5.10 Å². The summed E-state index contributed by atoms with van der Waals surface area (Å²) in [5, 5.41) is 14.9. The smallest absolute Gasteiger partial charge is 0.102 e. The molecule has 2 aromatic rings. The van der Waals surface area contributed by atoms with Crippen LogP contribution in [0.2, 0.25) is 0 Å². The third-order valence-corrected chi connectivity index (χ3v) is 4.13. The highest BCUT2D eigenvalue weighted by Gasteiger charge is 2.19. The second-order valence-electron chi connectivity index (χ2n) is 5.65. The van der Waals surface area contributed by atoms with Crippen molar-refractivity contribution in [2.75, 3.05) is 0 Å². The third-order valence-electron chi connectivity index (χ3n) is 4.13. The summed E-state index contributed by atoms with van der Waals surface area (Å²) in [6.07, 6.45) is 8.77. The molecule has 4 nitrogen and oxygen atoms in total. The van der Waals surface area contributed by atoms with Crippen molar-refractivity contribution < 1.29 is 5.11 Å². The van der Waals surface area contributed by atoms with E-state index in [1.165, 1.54) is 25.7 Å². The lowest BCUT2D eigenvalue weighted by Crippen LogP contribution is -2.09. The monoisotopic (exact) mass is 271 g/mol. The summed E-state index contributed by atoms with van der Waals surface area (Å²) in [7, 11) is 0. The summed E-state index contributed by atoms with van der Waals surface area (Å²) in [4.78, 5) is 4.27. The SMILES string of the molecule is Cc1cccnc1C(O)Cc1ccn(C2CCCC2)n1. The van der Waals surface area contributed by atoms with E-state index in [4.69, 9.17) is 0 Å². The fourth-order valence-corrected chi connectivity index (χ4v) is 3.00. The Morgan fingerprint density at radius 3 is 2.90 bits per heavy atom. The molecule has 1 fully saturated rings. The Kier molecular flexibility index (Phi) is 3.83. The molecular formula is C16H21N3O. The molecule has 4 heteroatoms. The van der Waals surface area contributed by atoms with E-state index in [9.17, 15) is 5.11 Å². The maximum atomic E-state index is 10.3. The van der Waals surface area contributed by atoms with E-state index in [0.29, 0.717) is 12.5 Å². The largest absolute Gasteiger partial charge is 0.386 e. The van der Waals surface area contributed by atoms with Crippen LogP contribution in [0.1, 0.15) is 54.8 Å². The van der Waals surface area contributed by atoms with Crippen LogP contribution in [0.4, 0.5) is 0 Å². The van der Waals surface area contributed by atoms with Crippen LogP contribution in [-0.2, 0) is 6.42 Å². The second kappa shape index (κ2) is 5.75. The van der Waals surface area contributed by atoms with Gasteiger partial charge in [0.2, 0.25) is 0 Å². The topological polar surface area (TPSA) is 50.9 Å². The van der Waals surface area contributed by atoms with E-state index in [1.54, 1.807) is 6.20 Å². The highest BCUT2D eigenvalue weighted by molar-refractivity contribution is 5.21. The van der Waals surface area contributed by atoms with Gasteiger partial charge in [0.05, 0.1) is 17.4 Å². The van der Waals surface area contributed by atoms with Crippen LogP contribution in [0.25, 0.3) is 0 Å². The number of aromatic nitrogens is 3. The molecule has 3 rings (SSSR count). The average molecular weight is 271 g/mol. The summed E-state index contributed by atoms with van der Waals surface area (Å²) < 4.78 is 2.07. The van der Waals surface area contributed by atoms with Crippen LogP contribution in [0.5, 0.6) is 0 Å². The van der Waals surface area contributed by atoms with Gasteiger partial charge in [-0.15, -0.1) is 0 Å². The van der Waals surface area contributed by atoms with Crippen molar-refractivity contribution in [1.82, 2.24) is 14.8 Å². The van der Waals surface area contributed by atoms with Crippen LogP contribution in [0.3, 0.4) is 0 Å². The number of aryl methyl sites for hydroxylation is 1. The zero-order valence-electron chi connectivity index (χ0n) is 11.9. The fourth-order valence-electron chi connectivity index (χ4n) is 3.00. The van der Waals surface area contributed by atoms with Crippen molar-refractivity contribution in [2.24, 2.45) is 0 Å². The molecule has 0 saturated heterocycles. The highest BCUT2D eigenvalue weighted by Crippen LogP contribution is 2.29. The molecular weight excluding hydrogens is 250 g/mol. The number of nitrogens with zero attached hydrogens (tertiary/aromatic N) is 3. The molecule has 20 heavy (non-hydrogen) atoms. The number of hydrogen-bond acceptors (Lipinski definition) is 3. The third kappa shape index (κ3) is 2.75. The number of aliphatic hydroxyl groups is 1. The van der Waals surface area contributed by atoms with Gasteiger partial charge >= 0.3 is 0 Å². The molecule has 0 aliphatic heterocycles. The van der Waals surface area contributed by atoms with Crippen molar-refractivity contribution in [3.63, 3.8) is 0 Å². The first-order valence-corrected chi connectivity index (χ1v) is 7.37. The second-order valence-corrected chi connectivity index (χ2v) is 5.65. The van der Waals surface area contributed by atoms with Gasteiger partial charge < -0.3 is 5.11 Å². The Morgan fingerprint density at radius 1 is 1.35 bits per heavy atom. The molecule has 1 aliphatic rings. The zero-order chi connectivity index (χ0) is 13.9. The molecule has 1 N–H and O–H groups in total. The lowest BCUT2D eigenvalue weighted by Gasteiger charge is -2.11. The Labute approximate surface area is 119 Å². The summed E-state index contributed by atoms with van der Waals surface area (Å²) in [6, 6.07) is 6.43. The normalized spacial score (nSPS) is 17.5. The quantitative estimate of drug-likeness (QED) is 0.930. The van der Waals surface area contributed by atoms with Crippen molar-refractivity contribution in [3.8, 4) is 0 Å².